The molecule has 0 spiro atoms. The molecule has 0 N–H and O–H groups in total. The summed E-state index contributed by atoms with van der Waals surface area (Å²) in [4.78, 5) is 22.4. The first-order chi connectivity index (χ1) is 17.2. The highest BCUT2D eigenvalue weighted by molar-refractivity contribution is 7.89. The molecule has 3 aromatic rings. The molecule has 0 radical (unpaired) electrons. The maximum absolute atomic E-state index is 13.6. The van der Waals surface area contributed by atoms with Gasteiger partial charge in [0.05, 0.1) is 15.1 Å². The Morgan fingerprint density at radius 2 is 1.83 bits per heavy atom. The molecule has 0 saturated carbocycles. The van der Waals surface area contributed by atoms with E-state index in [9.17, 15) is 13.2 Å². The minimum atomic E-state index is -3.59. The van der Waals surface area contributed by atoms with Gasteiger partial charge in [0.1, 0.15) is 0 Å². The molecule has 2 heterocycles. The van der Waals surface area contributed by atoms with Gasteiger partial charge in [-0.1, -0.05) is 37.7 Å². The third-order valence-electron chi connectivity index (χ3n) is 6.85. The molecule has 1 saturated heterocycles. The molecule has 7 nitrogen and oxygen atoms in total. The number of thiazole rings is 1. The molecule has 36 heavy (non-hydrogen) atoms. The predicted octanol–water partition coefficient (Wildman–Crippen LogP) is 5.02. The number of anilines is 1. The Morgan fingerprint density at radius 1 is 1.08 bits per heavy atom. The Labute approximate surface area is 218 Å². The van der Waals surface area contributed by atoms with Crippen molar-refractivity contribution in [3.05, 3.63) is 53.6 Å². The number of sulfonamides is 1. The Hall–Kier alpha value is -2.33. The third kappa shape index (κ3) is 5.64. The summed E-state index contributed by atoms with van der Waals surface area (Å²) in [6.07, 6.45) is 4.59. The second-order valence-corrected chi connectivity index (χ2v) is 12.5. The fraction of sp³-hybridized carbons (Fsp3) is 0.481. The summed E-state index contributed by atoms with van der Waals surface area (Å²) in [5.74, 6) is -0.181. The molecule has 0 aliphatic carbocycles. The normalized spacial score (nSPS) is 17.1. The van der Waals surface area contributed by atoms with Gasteiger partial charge in [0, 0.05) is 31.2 Å². The van der Waals surface area contributed by atoms with E-state index >= 15 is 0 Å². The van der Waals surface area contributed by atoms with Crippen molar-refractivity contribution in [2.24, 2.45) is 0 Å². The zero-order chi connectivity index (χ0) is 25.9. The highest BCUT2D eigenvalue weighted by Gasteiger charge is 2.32. The minimum absolute atomic E-state index is 0.0406. The van der Waals surface area contributed by atoms with E-state index in [0.717, 1.165) is 42.3 Å². The molecule has 1 fully saturated rings. The van der Waals surface area contributed by atoms with Crippen molar-refractivity contribution in [3.63, 3.8) is 0 Å². The van der Waals surface area contributed by atoms with Gasteiger partial charge in [0.2, 0.25) is 10.0 Å². The number of aromatic nitrogens is 1. The molecular weight excluding hydrogens is 492 g/mol. The van der Waals surface area contributed by atoms with Crippen LogP contribution >= 0.6 is 11.3 Å². The van der Waals surface area contributed by atoms with Crippen molar-refractivity contribution >= 4 is 42.6 Å². The number of aryl methyl sites for hydroxylation is 1. The molecule has 194 valence electrons. The van der Waals surface area contributed by atoms with E-state index in [4.69, 9.17) is 4.98 Å². The van der Waals surface area contributed by atoms with Gasteiger partial charge in [-0.25, -0.2) is 13.4 Å². The van der Waals surface area contributed by atoms with Crippen molar-refractivity contribution in [3.8, 4) is 0 Å². The molecule has 2 aromatic carbocycles. The van der Waals surface area contributed by atoms with Crippen molar-refractivity contribution in [1.82, 2.24) is 14.2 Å². The van der Waals surface area contributed by atoms with Crippen LogP contribution < -0.4 is 4.90 Å². The van der Waals surface area contributed by atoms with Crippen LogP contribution in [0.2, 0.25) is 0 Å². The molecule has 1 amide bonds. The lowest BCUT2D eigenvalue weighted by molar-refractivity contribution is 0.0985. The lowest BCUT2D eigenvalue weighted by atomic mass is 10.0. The SMILES string of the molecule is CCc1ccc2nc(N(CCN(C)C)C(=O)c3ccc(S(=O)(=O)N4CCCCC4CC)cc3)sc2c1. The van der Waals surface area contributed by atoms with Gasteiger partial charge in [-0.05, 0) is 81.7 Å². The molecule has 1 atom stereocenters. The molecule has 1 aromatic heterocycles. The maximum atomic E-state index is 13.6. The second kappa shape index (κ2) is 11.4. The van der Waals surface area contributed by atoms with E-state index in [-0.39, 0.29) is 16.8 Å². The largest absolute Gasteiger partial charge is 0.308 e. The van der Waals surface area contributed by atoms with Gasteiger partial charge in [0.25, 0.3) is 5.91 Å². The fourth-order valence-corrected chi connectivity index (χ4v) is 7.46. The van der Waals surface area contributed by atoms with Crippen molar-refractivity contribution in [2.45, 2.75) is 56.9 Å². The Morgan fingerprint density at radius 3 is 2.50 bits per heavy atom. The monoisotopic (exact) mass is 528 g/mol. The maximum Gasteiger partial charge on any atom is 0.260 e. The highest BCUT2D eigenvalue weighted by atomic mass is 32.2. The number of piperidine rings is 1. The van der Waals surface area contributed by atoms with Crippen LogP contribution in [0.3, 0.4) is 0 Å². The summed E-state index contributed by atoms with van der Waals surface area (Å²) < 4.78 is 29.4. The summed E-state index contributed by atoms with van der Waals surface area (Å²) in [6, 6.07) is 12.7. The van der Waals surface area contributed by atoms with Crippen LogP contribution in [0, 0.1) is 0 Å². The molecule has 1 aliphatic rings. The zero-order valence-electron chi connectivity index (χ0n) is 21.6. The highest BCUT2D eigenvalue weighted by Crippen LogP contribution is 2.31. The van der Waals surface area contributed by atoms with Crippen molar-refractivity contribution in [2.75, 3.05) is 38.6 Å². The standard InChI is InChI=1S/C27H36N4O3S2/c1-5-20-10-15-24-25(19-20)35-27(28-24)30(18-17-29(3)4)26(32)21-11-13-23(14-12-21)36(33,34)31-16-8-7-9-22(31)6-2/h10-15,19,22H,5-9,16-18H2,1-4H3. The summed E-state index contributed by atoms with van der Waals surface area (Å²) >= 11 is 1.51. The number of rotatable bonds is 9. The number of benzene rings is 2. The summed E-state index contributed by atoms with van der Waals surface area (Å²) in [6.45, 7) is 5.87. The number of amides is 1. The van der Waals surface area contributed by atoms with Gasteiger partial charge < -0.3 is 4.90 Å². The van der Waals surface area contributed by atoms with Crippen LogP contribution in [0.5, 0.6) is 0 Å². The van der Waals surface area contributed by atoms with Crippen LogP contribution in [0.15, 0.2) is 47.4 Å². The van der Waals surface area contributed by atoms with E-state index in [0.29, 0.717) is 30.3 Å². The summed E-state index contributed by atoms with van der Waals surface area (Å²) in [5.41, 5.74) is 2.56. The van der Waals surface area contributed by atoms with E-state index in [1.807, 2.05) is 32.0 Å². The first-order valence-electron chi connectivity index (χ1n) is 12.7. The number of carbonyl (C=O) groups excluding carboxylic acids is 1. The Balaban J connectivity index is 1.62. The Bertz CT molecular complexity index is 1300. The van der Waals surface area contributed by atoms with Crippen molar-refractivity contribution < 1.29 is 13.2 Å². The number of nitrogens with zero attached hydrogens (tertiary/aromatic N) is 4. The first kappa shape index (κ1) is 26.7. The Kier molecular flexibility index (Phi) is 8.44. The quantitative estimate of drug-likeness (QED) is 0.390. The third-order valence-corrected chi connectivity index (χ3v) is 9.86. The van der Waals surface area contributed by atoms with Gasteiger partial charge in [0.15, 0.2) is 5.13 Å². The number of carbonyl (C=O) groups is 1. The second-order valence-electron chi connectivity index (χ2n) is 9.61. The number of hydrogen-bond donors (Lipinski definition) is 0. The number of fused-ring (bicyclic) bond motifs is 1. The minimum Gasteiger partial charge on any atom is -0.308 e. The van der Waals surface area contributed by atoms with Gasteiger partial charge >= 0.3 is 0 Å². The van der Waals surface area contributed by atoms with E-state index in [1.54, 1.807) is 33.5 Å². The molecule has 9 heteroatoms. The van der Waals surface area contributed by atoms with Gasteiger partial charge in [-0.2, -0.15) is 4.31 Å². The molecular formula is C27H36N4O3S2. The lowest BCUT2D eigenvalue weighted by Crippen LogP contribution is -2.43. The van der Waals surface area contributed by atoms with Gasteiger partial charge in [-0.15, -0.1) is 0 Å². The smallest absolute Gasteiger partial charge is 0.260 e. The fourth-order valence-electron chi connectivity index (χ4n) is 4.64. The van der Waals surface area contributed by atoms with E-state index in [1.165, 1.54) is 16.9 Å². The van der Waals surface area contributed by atoms with Crippen LogP contribution in [-0.4, -0.2) is 68.3 Å². The summed E-state index contributed by atoms with van der Waals surface area (Å²) in [5, 5.41) is 0.654. The zero-order valence-corrected chi connectivity index (χ0v) is 23.2. The first-order valence-corrected chi connectivity index (χ1v) is 15.0. The average Bonchev–Trinajstić information content (AvgIpc) is 3.31. The van der Waals surface area contributed by atoms with Crippen LogP contribution in [0.1, 0.15) is 55.5 Å². The molecule has 1 aliphatic heterocycles. The van der Waals surface area contributed by atoms with Gasteiger partial charge in [-0.3, -0.25) is 9.69 Å². The molecule has 1 unspecified atom stereocenters. The van der Waals surface area contributed by atoms with Crippen LogP contribution in [0.25, 0.3) is 10.2 Å². The number of likely N-dealkylation sites (N-methyl/N-ethyl adjacent to an activating group) is 1. The predicted molar refractivity (Wildman–Crippen MR) is 147 cm³/mol. The average molecular weight is 529 g/mol. The summed E-state index contributed by atoms with van der Waals surface area (Å²) in [7, 11) is 0.349. The topological polar surface area (TPSA) is 73.8 Å². The van der Waals surface area contributed by atoms with E-state index < -0.39 is 10.0 Å². The number of hydrogen-bond acceptors (Lipinski definition) is 6. The van der Waals surface area contributed by atoms with Crippen LogP contribution in [-0.2, 0) is 16.4 Å². The lowest BCUT2D eigenvalue weighted by Gasteiger charge is -2.34. The molecule has 0 bridgehead atoms. The molecule has 4 rings (SSSR count). The van der Waals surface area contributed by atoms with Crippen molar-refractivity contribution in [1.29, 1.82) is 0 Å². The van der Waals surface area contributed by atoms with Crippen LogP contribution in [0.4, 0.5) is 5.13 Å². The van der Waals surface area contributed by atoms with E-state index in [2.05, 4.69) is 19.1 Å².